The second-order valence-electron chi connectivity index (χ2n) is 3.02. The highest BCUT2D eigenvalue weighted by Crippen LogP contribution is 2.28. The number of hydrogen-bond acceptors (Lipinski definition) is 4. The number of carboxylic acids is 1. The summed E-state index contributed by atoms with van der Waals surface area (Å²) in [5, 5.41) is 8.32. The van der Waals surface area contributed by atoms with Gasteiger partial charge in [0.25, 0.3) is 9.05 Å². The Morgan fingerprint density at radius 3 is 2.53 bits per heavy atom. The Balaban J connectivity index is 2.79. The van der Waals surface area contributed by atoms with Crippen molar-refractivity contribution in [2.75, 3.05) is 6.61 Å². The van der Waals surface area contributed by atoms with E-state index in [1.165, 1.54) is 18.2 Å². The zero-order valence-corrected chi connectivity index (χ0v) is 10.7. The van der Waals surface area contributed by atoms with E-state index in [9.17, 15) is 13.2 Å². The molecule has 94 valence electrons. The van der Waals surface area contributed by atoms with E-state index in [0.29, 0.717) is 0 Å². The number of rotatable bonds is 5. The average Bonchev–Trinajstić information content (AvgIpc) is 2.14. The van der Waals surface area contributed by atoms with Crippen LogP contribution in [0.25, 0.3) is 0 Å². The maximum atomic E-state index is 11.0. The van der Waals surface area contributed by atoms with Gasteiger partial charge in [0.05, 0.1) is 18.1 Å². The third-order valence-electron chi connectivity index (χ3n) is 1.75. The Labute approximate surface area is 107 Å². The van der Waals surface area contributed by atoms with Gasteiger partial charge in [0, 0.05) is 16.7 Å². The third kappa shape index (κ3) is 4.41. The first-order valence-electron chi connectivity index (χ1n) is 4.39. The maximum Gasteiger partial charge on any atom is 0.306 e. The molecule has 1 N–H and O–H groups in total. The molecular weight excluding hydrogens is 291 g/mol. The summed E-state index contributed by atoms with van der Waals surface area (Å²) in [6.45, 7) is -0.0291. The molecule has 1 aromatic carbocycles. The van der Waals surface area contributed by atoms with Gasteiger partial charge in [-0.1, -0.05) is 11.6 Å². The lowest BCUT2D eigenvalue weighted by Crippen LogP contribution is -2.05. The normalized spacial score (nSPS) is 11.2. The van der Waals surface area contributed by atoms with Crippen LogP contribution < -0.4 is 4.74 Å². The van der Waals surface area contributed by atoms with Gasteiger partial charge in [-0.05, 0) is 12.1 Å². The lowest BCUT2D eigenvalue weighted by molar-refractivity contribution is -0.137. The zero-order chi connectivity index (χ0) is 13.1. The van der Waals surface area contributed by atoms with Crippen LogP contribution in [0.1, 0.15) is 6.42 Å². The van der Waals surface area contributed by atoms with Crippen LogP contribution >= 0.6 is 22.3 Å². The summed E-state index contributed by atoms with van der Waals surface area (Å²) >= 11 is 5.70. The zero-order valence-electron chi connectivity index (χ0n) is 8.39. The summed E-state index contributed by atoms with van der Waals surface area (Å²) in [5.74, 6) is -0.712. The Hall–Kier alpha value is -0.980. The van der Waals surface area contributed by atoms with Crippen molar-refractivity contribution in [3.05, 3.63) is 23.2 Å². The summed E-state index contributed by atoms with van der Waals surface area (Å²) in [6.07, 6.45) is -0.160. The average molecular weight is 299 g/mol. The first kappa shape index (κ1) is 14.1. The van der Waals surface area contributed by atoms with Crippen LogP contribution in [-0.4, -0.2) is 26.1 Å². The van der Waals surface area contributed by atoms with Crippen molar-refractivity contribution >= 4 is 37.3 Å². The van der Waals surface area contributed by atoms with Crippen molar-refractivity contribution in [3.8, 4) is 5.75 Å². The number of hydrogen-bond donors (Lipinski definition) is 1. The SMILES string of the molecule is O=C(O)CCOc1ccc(S(=O)(=O)Cl)c(Cl)c1. The van der Waals surface area contributed by atoms with Crippen molar-refractivity contribution in [1.29, 1.82) is 0 Å². The van der Waals surface area contributed by atoms with Crippen LogP contribution in [0.15, 0.2) is 23.1 Å². The number of ether oxygens (including phenoxy) is 1. The molecule has 0 heterocycles. The monoisotopic (exact) mass is 298 g/mol. The number of carboxylic acid groups (broad SMARTS) is 1. The molecule has 0 aliphatic carbocycles. The van der Waals surface area contributed by atoms with Gasteiger partial charge in [0.1, 0.15) is 10.6 Å². The smallest absolute Gasteiger partial charge is 0.306 e. The molecule has 5 nitrogen and oxygen atoms in total. The molecule has 0 aliphatic heterocycles. The van der Waals surface area contributed by atoms with Crippen LogP contribution in [0.3, 0.4) is 0 Å². The van der Waals surface area contributed by atoms with Crippen molar-refractivity contribution in [1.82, 2.24) is 0 Å². The number of benzene rings is 1. The predicted octanol–water partition coefficient (Wildman–Crippen LogP) is 2.12. The van der Waals surface area contributed by atoms with E-state index in [0.717, 1.165) is 0 Å². The van der Waals surface area contributed by atoms with E-state index in [1.54, 1.807) is 0 Å². The van der Waals surface area contributed by atoms with Gasteiger partial charge in [0.2, 0.25) is 0 Å². The summed E-state index contributed by atoms with van der Waals surface area (Å²) in [6, 6.07) is 3.81. The van der Waals surface area contributed by atoms with Gasteiger partial charge in [-0.15, -0.1) is 0 Å². The highest BCUT2D eigenvalue weighted by atomic mass is 35.7. The highest BCUT2D eigenvalue weighted by Gasteiger charge is 2.15. The lowest BCUT2D eigenvalue weighted by Gasteiger charge is -2.06. The number of halogens is 2. The highest BCUT2D eigenvalue weighted by molar-refractivity contribution is 8.13. The van der Waals surface area contributed by atoms with Gasteiger partial charge in [0.15, 0.2) is 0 Å². The molecule has 0 aromatic heterocycles. The van der Waals surface area contributed by atoms with Gasteiger partial charge >= 0.3 is 5.97 Å². The summed E-state index contributed by atoms with van der Waals surface area (Å²) in [4.78, 5) is 10.0. The minimum Gasteiger partial charge on any atom is -0.493 e. The van der Waals surface area contributed by atoms with Gasteiger partial charge in [-0.2, -0.15) is 0 Å². The minimum atomic E-state index is -3.89. The first-order chi connectivity index (χ1) is 7.80. The predicted molar refractivity (Wildman–Crippen MR) is 62.2 cm³/mol. The molecule has 17 heavy (non-hydrogen) atoms. The van der Waals surface area contributed by atoms with Gasteiger partial charge in [-0.25, -0.2) is 8.42 Å². The molecule has 0 amide bonds. The summed E-state index contributed by atoms with van der Waals surface area (Å²) in [5.41, 5.74) is 0. The lowest BCUT2D eigenvalue weighted by atomic mass is 10.3. The van der Waals surface area contributed by atoms with E-state index < -0.39 is 15.0 Å². The molecule has 1 rings (SSSR count). The molecule has 1 aromatic rings. The maximum absolute atomic E-state index is 11.0. The fraction of sp³-hybridized carbons (Fsp3) is 0.222. The van der Waals surface area contributed by atoms with E-state index in [4.69, 9.17) is 32.1 Å². The minimum absolute atomic E-state index is 0.0291. The van der Waals surface area contributed by atoms with E-state index >= 15 is 0 Å². The molecule has 8 heteroatoms. The van der Waals surface area contributed by atoms with Crippen molar-refractivity contribution in [3.63, 3.8) is 0 Å². The first-order valence-corrected chi connectivity index (χ1v) is 7.08. The largest absolute Gasteiger partial charge is 0.493 e. The number of carbonyl (C=O) groups is 1. The number of aliphatic carboxylic acids is 1. The molecular formula is C9H8Cl2O5S. The van der Waals surface area contributed by atoms with Crippen molar-refractivity contribution in [2.24, 2.45) is 0 Å². The fourth-order valence-corrected chi connectivity index (χ4v) is 2.55. The molecule has 0 radical (unpaired) electrons. The molecule has 0 saturated carbocycles. The quantitative estimate of drug-likeness (QED) is 0.842. The van der Waals surface area contributed by atoms with Crippen LogP contribution in [0.5, 0.6) is 5.75 Å². The van der Waals surface area contributed by atoms with E-state index in [-0.39, 0.29) is 28.7 Å². The summed E-state index contributed by atoms with van der Waals surface area (Å²) in [7, 11) is 1.24. The third-order valence-corrected chi connectivity index (χ3v) is 3.56. The van der Waals surface area contributed by atoms with E-state index in [1.807, 2.05) is 0 Å². The Kier molecular flexibility index (Phi) is 4.62. The van der Waals surface area contributed by atoms with Crippen LogP contribution in [0, 0.1) is 0 Å². The molecule has 0 unspecified atom stereocenters. The molecule has 0 atom stereocenters. The van der Waals surface area contributed by atoms with Crippen LogP contribution in [-0.2, 0) is 13.8 Å². The van der Waals surface area contributed by atoms with Gasteiger partial charge in [-0.3, -0.25) is 4.79 Å². The Morgan fingerprint density at radius 1 is 1.41 bits per heavy atom. The Bertz CT molecular complexity index is 526. The Morgan fingerprint density at radius 2 is 2.06 bits per heavy atom. The van der Waals surface area contributed by atoms with Crippen LogP contribution in [0.2, 0.25) is 5.02 Å². The topological polar surface area (TPSA) is 80.7 Å². The fourth-order valence-electron chi connectivity index (χ4n) is 1.03. The molecule has 0 spiro atoms. The molecule has 0 aliphatic rings. The van der Waals surface area contributed by atoms with E-state index in [2.05, 4.69) is 0 Å². The standard InChI is InChI=1S/C9H8Cl2O5S/c10-7-5-6(16-4-3-9(12)13)1-2-8(7)17(11,14)15/h1-2,5H,3-4H2,(H,12,13). The van der Waals surface area contributed by atoms with Crippen molar-refractivity contribution in [2.45, 2.75) is 11.3 Å². The molecule has 0 saturated heterocycles. The second-order valence-corrected chi connectivity index (χ2v) is 5.96. The van der Waals surface area contributed by atoms with Crippen LogP contribution in [0.4, 0.5) is 0 Å². The molecule has 0 fully saturated rings. The molecule has 0 bridgehead atoms. The van der Waals surface area contributed by atoms with Crippen molar-refractivity contribution < 1.29 is 23.1 Å². The van der Waals surface area contributed by atoms with Gasteiger partial charge < -0.3 is 9.84 Å². The summed E-state index contributed by atoms with van der Waals surface area (Å²) < 4.78 is 27.1. The second kappa shape index (κ2) is 5.57.